The highest BCUT2D eigenvalue weighted by Gasteiger charge is 2.41. The number of nitrogens with one attached hydrogen (secondary N) is 1. The SMILES string of the molecule is c1ccc2c(N3CCCNC4(CCCCC4)C3=NCCN3CCCC3)cccc2c1. The number of anilines is 1. The first-order chi connectivity index (χ1) is 14.9. The average Bonchev–Trinajstić information content (AvgIpc) is 3.26. The van der Waals surface area contributed by atoms with Gasteiger partial charge in [0.2, 0.25) is 0 Å². The highest BCUT2D eigenvalue weighted by atomic mass is 15.3. The van der Waals surface area contributed by atoms with E-state index in [4.69, 9.17) is 4.99 Å². The highest BCUT2D eigenvalue weighted by molar-refractivity contribution is 6.10. The lowest BCUT2D eigenvalue weighted by Crippen LogP contribution is -2.57. The van der Waals surface area contributed by atoms with Crippen molar-refractivity contribution in [3.8, 4) is 0 Å². The summed E-state index contributed by atoms with van der Waals surface area (Å²) in [4.78, 5) is 10.6. The zero-order chi connectivity index (χ0) is 20.2. The maximum atomic E-state index is 5.39. The summed E-state index contributed by atoms with van der Waals surface area (Å²) in [5, 5.41) is 6.66. The number of likely N-dealkylation sites (tertiary alicyclic amines) is 1. The topological polar surface area (TPSA) is 30.9 Å². The molecule has 0 bridgehead atoms. The lowest BCUT2D eigenvalue weighted by molar-refractivity contribution is 0.313. The molecule has 1 saturated carbocycles. The van der Waals surface area contributed by atoms with E-state index in [0.29, 0.717) is 0 Å². The van der Waals surface area contributed by atoms with Crippen molar-refractivity contribution in [1.82, 2.24) is 10.2 Å². The van der Waals surface area contributed by atoms with Crippen LogP contribution in [0.1, 0.15) is 51.4 Å². The fourth-order valence-electron chi connectivity index (χ4n) is 5.78. The van der Waals surface area contributed by atoms with Gasteiger partial charge in [-0.05, 0) is 63.2 Å². The molecule has 0 amide bonds. The van der Waals surface area contributed by atoms with Crippen LogP contribution in [0.2, 0.25) is 0 Å². The van der Waals surface area contributed by atoms with E-state index in [2.05, 4.69) is 57.6 Å². The summed E-state index contributed by atoms with van der Waals surface area (Å²) in [7, 11) is 0. The molecular formula is C26H36N4. The minimum Gasteiger partial charge on any atom is -0.328 e. The van der Waals surface area contributed by atoms with Crippen LogP contribution in [0, 0.1) is 0 Å². The number of hydrogen-bond acceptors (Lipinski definition) is 3. The third-order valence-electron chi connectivity index (χ3n) is 7.35. The Labute approximate surface area is 181 Å². The van der Waals surface area contributed by atoms with Crippen molar-refractivity contribution >= 4 is 22.3 Å². The Morgan fingerprint density at radius 3 is 2.50 bits per heavy atom. The Morgan fingerprint density at radius 1 is 0.833 bits per heavy atom. The summed E-state index contributed by atoms with van der Waals surface area (Å²) in [6.45, 7) is 6.66. The zero-order valence-corrected chi connectivity index (χ0v) is 18.3. The molecule has 4 heteroatoms. The molecule has 1 spiro atoms. The van der Waals surface area contributed by atoms with Gasteiger partial charge in [0.15, 0.2) is 0 Å². The molecule has 0 aromatic heterocycles. The average molecular weight is 405 g/mol. The Morgan fingerprint density at radius 2 is 1.63 bits per heavy atom. The molecule has 2 aliphatic heterocycles. The molecule has 5 rings (SSSR count). The predicted octanol–water partition coefficient (Wildman–Crippen LogP) is 4.84. The second-order valence-electron chi connectivity index (χ2n) is 9.33. The van der Waals surface area contributed by atoms with Crippen LogP contribution >= 0.6 is 0 Å². The summed E-state index contributed by atoms with van der Waals surface area (Å²) in [5.41, 5.74) is 1.39. The van der Waals surface area contributed by atoms with Crippen molar-refractivity contribution in [1.29, 1.82) is 0 Å². The summed E-state index contributed by atoms with van der Waals surface area (Å²) < 4.78 is 0. The number of benzene rings is 2. The Bertz CT molecular complexity index is 872. The van der Waals surface area contributed by atoms with E-state index in [1.54, 1.807) is 0 Å². The number of hydrogen-bond donors (Lipinski definition) is 1. The van der Waals surface area contributed by atoms with Crippen molar-refractivity contribution in [2.24, 2.45) is 4.99 Å². The van der Waals surface area contributed by atoms with Gasteiger partial charge >= 0.3 is 0 Å². The van der Waals surface area contributed by atoms with E-state index < -0.39 is 0 Å². The molecule has 1 N–H and O–H groups in total. The molecule has 3 aliphatic rings. The highest BCUT2D eigenvalue weighted by Crippen LogP contribution is 2.36. The van der Waals surface area contributed by atoms with E-state index in [1.807, 2.05) is 0 Å². The van der Waals surface area contributed by atoms with Crippen molar-refractivity contribution in [3.63, 3.8) is 0 Å². The van der Waals surface area contributed by atoms with Crippen LogP contribution in [0.25, 0.3) is 10.8 Å². The molecule has 2 aromatic rings. The molecule has 2 heterocycles. The molecule has 0 radical (unpaired) electrons. The first kappa shape index (κ1) is 20.0. The number of aliphatic imine (C=N–C) groups is 1. The summed E-state index contributed by atoms with van der Waals surface area (Å²) in [5.74, 6) is 1.32. The molecule has 30 heavy (non-hydrogen) atoms. The monoisotopic (exact) mass is 404 g/mol. The van der Waals surface area contributed by atoms with E-state index in [9.17, 15) is 0 Å². The van der Waals surface area contributed by atoms with Crippen molar-refractivity contribution in [3.05, 3.63) is 42.5 Å². The fraction of sp³-hybridized carbons (Fsp3) is 0.577. The minimum atomic E-state index is 0.0523. The lowest BCUT2D eigenvalue weighted by atomic mass is 9.80. The smallest absolute Gasteiger partial charge is 0.124 e. The first-order valence-corrected chi connectivity index (χ1v) is 12.1. The summed E-state index contributed by atoms with van der Waals surface area (Å²) >= 11 is 0. The molecule has 0 unspecified atom stereocenters. The normalized spacial score (nSPS) is 24.0. The Kier molecular flexibility index (Phi) is 6.05. The summed E-state index contributed by atoms with van der Waals surface area (Å²) in [6.07, 6.45) is 10.3. The molecule has 2 aromatic carbocycles. The van der Waals surface area contributed by atoms with E-state index >= 15 is 0 Å². The minimum absolute atomic E-state index is 0.0523. The predicted molar refractivity (Wildman–Crippen MR) is 128 cm³/mol. The number of fused-ring (bicyclic) bond motifs is 1. The van der Waals surface area contributed by atoms with Crippen LogP contribution in [0.3, 0.4) is 0 Å². The van der Waals surface area contributed by atoms with Gasteiger partial charge in [0, 0.05) is 24.2 Å². The Balaban J connectivity index is 1.53. The van der Waals surface area contributed by atoms with Gasteiger partial charge in [-0.25, -0.2) is 0 Å². The second kappa shape index (κ2) is 9.07. The quantitative estimate of drug-likeness (QED) is 0.791. The number of nitrogens with zero attached hydrogens (tertiary/aromatic N) is 3. The maximum absolute atomic E-state index is 5.39. The zero-order valence-electron chi connectivity index (χ0n) is 18.3. The van der Waals surface area contributed by atoms with E-state index in [1.165, 1.54) is 80.3 Å². The van der Waals surface area contributed by atoms with Crippen molar-refractivity contribution < 1.29 is 0 Å². The molecule has 160 valence electrons. The van der Waals surface area contributed by atoms with Gasteiger partial charge in [0.25, 0.3) is 0 Å². The van der Waals surface area contributed by atoms with Gasteiger partial charge in [-0.2, -0.15) is 0 Å². The molecular weight excluding hydrogens is 368 g/mol. The molecule has 4 nitrogen and oxygen atoms in total. The van der Waals surface area contributed by atoms with Gasteiger partial charge in [-0.1, -0.05) is 55.7 Å². The van der Waals surface area contributed by atoms with Gasteiger partial charge in [0.05, 0.1) is 12.1 Å². The third-order valence-corrected chi connectivity index (χ3v) is 7.35. The van der Waals surface area contributed by atoms with Gasteiger partial charge in [0.1, 0.15) is 5.84 Å². The first-order valence-electron chi connectivity index (χ1n) is 12.1. The second-order valence-corrected chi connectivity index (χ2v) is 9.33. The van der Waals surface area contributed by atoms with Crippen LogP contribution in [0.4, 0.5) is 5.69 Å². The van der Waals surface area contributed by atoms with Crippen LogP contribution in [0.5, 0.6) is 0 Å². The molecule has 3 fully saturated rings. The van der Waals surface area contributed by atoms with Crippen molar-refractivity contribution in [2.45, 2.75) is 56.9 Å². The summed E-state index contributed by atoms with van der Waals surface area (Å²) in [6, 6.07) is 15.6. The van der Waals surface area contributed by atoms with Crippen LogP contribution < -0.4 is 10.2 Å². The Hall–Kier alpha value is -1.91. The fourth-order valence-corrected chi connectivity index (χ4v) is 5.78. The number of rotatable bonds is 4. The van der Waals surface area contributed by atoms with Crippen LogP contribution in [-0.2, 0) is 0 Å². The molecule has 2 saturated heterocycles. The maximum Gasteiger partial charge on any atom is 0.124 e. The van der Waals surface area contributed by atoms with E-state index in [-0.39, 0.29) is 5.54 Å². The lowest BCUT2D eigenvalue weighted by Gasteiger charge is -2.42. The van der Waals surface area contributed by atoms with Crippen LogP contribution in [-0.4, -0.2) is 55.5 Å². The molecule has 1 aliphatic carbocycles. The number of amidine groups is 1. The van der Waals surface area contributed by atoms with Gasteiger partial charge < -0.3 is 15.1 Å². The standard InChI is InChI=1S/C26H36N4/c1-4-14-26(15-5-1)25(27-17-21-29-18-6-7-19-29)30(20-9-16-28-26)24-13-8-11-22-10-2-3-12-23(22)24/h2-3,8,10-13,28H,1,4-7,9,14-21H2. The van der Waals surface area contributed by atoms with Crippen LogP contribution in [0.15, 0.2) is 47.5 Å². The van der Waals surface area contributed by atoms with E-state index in [0.717, 1.165) is 32.6 Å². The largest absolute Gasteiger partial charge is 0.328 e. The third kappa shape index (κ3) is 4.00. The van der Waals surface area contributed by atoms with Gasteiger partial charge in [-0.15, -0.1) is 0 Å². The van der Waals surface area contributed by atoms with Gasteiger partial charge in [-0.3, -0.25) is 4.99 Å². The molecule has 0 atom stereocenters. The van der Waals surface area contributed by atoms with Crippen molar-refractivity contribution in [2.75, 3.05) is 44.2 Å².